The zero-order chi connectivity index (χ0) is 22.0. The topological polar surface area (TPSA) is 3.24 Å². The molecule has 3 heteroatoms. The third kappa shape index (κ3) is 4.01. The number of benzene rings is 4. The standard InChI is InChI=1S/C28H28FNP/c1-21-5-15-26(16-6-21)31(27-17-7-22(2)8-18-27,28-19-9-23(3)10-20-28)30(4)25-13-11-24(29)12-14-25/h5-20H,1-4H3/q+1. The maximum absolute atomic E-state index is 13.7. The van der Waals surface area contributed by atoms with Crippen molar-refractivity contribution in [1.29, 1.82) is 0 Å². The van der Waals surface area contributed by atoms with Gasteiger partial charge in [-0.3, -0.25) is 0 Å². The molecule has 0 fully saturated rings. The van der Waals surface area contributed by atoms with Gasteiger partial charge in [-0.2, -0.15) is 0 Å². The number of aryl methyl sites for hydroxylation is 3. The second-order valence-electron chi connectivity index (χ2n) is 8.14. The van der Waals surface area contributed by atoms with Gasteiger partial charge in [0.25, 0.3) is 0 Å². The molecule has 4 aromatic rings. The fraction of sp³-hybridized carbons (Fsp3) is 0.143. The largest absolute Gasteiger partial charge is 0.237 e. The van der Waals surface area contributed by atoms with Gasteiger partial charge in [0, 0.05) is 7.05 Å². The summed E-state index contributed by atoms with van der Waals surface area (Å²) in [7, 11) is -0.0905. The number of anilines is 1. The fourth-order valence-electron chi connectivity index (χ4n) is 4.08. The average molecular weight is 429 g/mol. The Balaban J connectivity index is 2.06. The molecule has 0 N–H and O–H groups in total. The summed E-state index contributed by atoms with van der Waals surface area (Å²) in [6.07, 6.45) is 0. The summed E-state index contributed by atoms with van der Waals surface area (Å²) >= 11 is 0. The lowest BCUT2D eigenvalue weighted by molar-refractivity contribution is 0.628. The molecule has 0 aliphatic heterocycles. The summed E-state index contributed by atoms with van der Waals surface area (Å²) in [5, 5.41) is 3.83. The normalized spacial score (nSPS) is 11.4. The zero-order valence-corrected chi connectivity index (χ0v) is 19.4. The van der Waals surface area contributed by atoms with Gasteiger partial charge in [0.05, 0.1) is 5.69 Å². The van der Waals surface area contributed by atoms with E-state index in [4.69, 9.17) is 0 Å². The highest BCUT2D eigenvalue weighted by Crippen LogP contribution is 2.59. The second kappa shape index (κ2) is 8.65. The Bertz CT molecular complexity index is 1040. The van der Waals surface area contributed by atoms with Crippen molar-refractivity contribution in [3.8, 4) is 0 Å². The predicted molar refractivity (Wildman–Crippen MR) is 134 cm³/mol. The van der Waals surface area contributed by atoms with Crippen LogP contribution in [0.3, 0.4) is 0 Å². The molecule has 0 aliphatic carbocycles. The molecule has 0 atom stereocenters. The number of hydrogen-bond acceptors (Lipinski definition) is 1. The van der Waals surface area contributed by atoms with Crippen molar-refractivity contribution in [1.82, 2.24) is 0 Å². The van der Waals surface area contributed by atoms with Crippen LogP contribution in [0, 0.1) is 26.6 Å². The minimum atomic E-state index is -2.23. The Hall–Kier alpha value is -2.96. The van der Waals surface area contributed by atoms with Gasteiger partial charge < -0.3 is 0 Å². The van der Waals surface area contributed by atoms with Crippen LogP contribution in [0.5, 0.6) is 0 Å². The van der Waals surface area contributed by atoms with E-state index in [0.717, 1.165) is 5.69 Å². The molecule has 0 radical (unpaired) electrons. The van der Waals surface area contributed by atoms with Crippen LogP contribution < -0.4 is 20.6 Å². The first-order valence-corrected chi connectivity index (χ1v) is 12.3. The van der Waals surface area contributed by atoms with Gasteiger partial charge in [-0.05, 0) is 81.4 Å². The minimum Gasteiger partial charge on any atom is -0.237 e. The quantitative estimate of drug-likeness (QED) is 0.347. The van der Waals surface area contributed by atoms with Gasteiger partial charge in [-0.15, -0.1) is 0 Å². The van der Waals surface area contributed by atoms with Crippen LogP contribution >= 0.6 is 7.41 Å². The molecule has 31 heavy (non-hydrogen) atoms. The van der Waals surface area contributed by atoms with Crippen LogP contribution in [0.25, 0.3) is 0 Å². The van der Waals surface area contributed by atoms with Crippen molar-refractivity contribution in [2.24, 2.45) is 0 Å². The Kier molecular flexibility index (Phi) is 5.94. The molecule has 0 aromatic heterocycles. The molecule has 0 saturated heterocycles. The summed E-state index contributed by atoms with van der Waals surface area (Å²) in [4.78, 5) is 0. The highest BCUT2D eigenvalue weighted by molar-refractivity contribution is 7.96. The Labute approximate surface area is 185 Å². The lowest BCUT2D eigenvalue weighted by Gasteiger charge is -2.36. The van der Waals surface area contributed by atoms with Crippen molar-refractivity contribution >= 4 is 29.0 Å². The van der Waals surface area contributed by atoms with Gasteiger partial charge in [0.1, 0.15) is 21.7 Å². The highest BCUT2D eigenvalue weighted by atomic mass is 31.2. The van der Waals surface area contributed by atoms with Gasteiger partial charge in [0.2, 0.25) is 7.41 Å². The summed E-state index contributed by atoms with van der Waals surface area (Å²) in [6.45, 7) is 6.35. The van der Waals surface area contributed by atoms with Crippen LogP contribution in [0.15, 0.2) is 97.1 Å². The van der Waals surface area contributed by atoms with E-state index >= 15 is 0 Å². The van der Waals surface area contributed by atoms with Gasteiger partial charge in [-0.1, -0.05) is 53.1 Å². The summed E-state index contributed by atoms with van der Waals surface area (Å²) in [6, 6.07) is 33.5. The number of rotatable bonds is 5. The van der Waals surface area contributed by atoms with E-state index in [0.29, 0.717) is 0 Å². The van der Waals surface area contributed by atoms with Crippen LogP contribution in [0.4, 0.5) is 10.1 Å². The van der Waals surface area contributed by atoms with Gasteiger partial charge in [-0.25, -0.2) is 9.06 Å². The average Bonchev–Trinajstić information content (AvgIpc) is 2.78. The molecule has 0 aliphatic rings. The zero-order valence-electron chi connectivity index (χ0n) is 18.5. The van der Waals surface area contributed by atoms with E-state index in [1.54, 1.807) is 12.1 Å². The number of halogens is 1. The van der Waals surface area contributed by atoms with E-state index in [-0.39, 0.29) is 5.82 Å². The summed E-state index contributed by atoms with van der Waals surface area (Å²) in [5.74, 6) is -0.220. The van der Waals surface area contributed by atoms with E-state index in [1.807, 2.05) is 12.1 Å². The van der Waals surface area contributed by atoms with Gasteiger partial charge >= 0.3 is 0 Å². The first-order chi connectivity index (χ1) is 14.9. The lowest BCUT2D eigenvalue weighted by Crippen LogP contribution is -2.42. The van der Waals surface area contributed by atoms with Crippen molar-refractivity contribution in [2.45, 2.75) is 20.8 Å². The monoisotopic (exact) mass is 428 g/mol. The van der Waals surface area contributed by atoms with E-state index in [1.165, 1.54) is 32.6 Å². The Morgan fingerprint density at radius 3 is 1.16 bits per heavy atom. The van der Waals surface area contributed by atoms with E-state index in [9.17, 15) is 4.39 Å². The molecule has 156 valence electrons. The maximum Gasteiger partial charge on any atom is 0.202 e. The maximum atomic E-state index is 13.7. The first-order valence-electron chi connectivity index (χ1n) is 10.5. The van der Waals surface area contributed by atoms with Crippen molar-refractivity contribution in [3.05, 3.63) is 120 Å². The fourth-order valence-corrected chi connectivity index (χ4v) is 8.23. The SMILES string of the molecule is Cc1ccc([P+](c2ccc(C)cc2)(c2ccc(C)cc2)N(C)c2ccc(F)cc2)cc1. The number of hydrogen-bond donors (Lipinski definition) is 0. The molecule has 0 bridgehead atoms. The Morgan fingerprint density at radius 2 is 0.839 bits per heavy atom. The molecule has 0 saturated carbocycles. The third-order valence-corrected chi connectivity index (χ3v) is 10.1. The molecule has 0 spiro atoms. The smallest absolute Gasteiger partial charge is 0.202 e. The van der Waals surface area contributed by atoms with Gasteiger partial charge in [0.15, 0.2) is 0 Å². The molecular formula is C28H28FNP+. The molecule has 1 nitrogen and oxygen atoms in total. The van der Waals surface area contributed by atoms with Crippen LogP contribution in [-0.4, -0.2) is 7.05 Å². The van der Waals surface area contributed by atoms with Crippen molar-refractivity contribution in [2.75, 3.05) is 11.7 Å². The summed E-state index contributed by atoms with van der Waals surface area (Å²) in [5.41, 5.74) is 4.70. The molecule has 0 unspecified atom stereocenters. The number of nitrogens with zero attached hydrogens (tertiary/aromatic N) is 1. The molecule has 0 heterocycles. The van der Waals surface area contributed by atoms with Crippen LogP contribution in [0.2, 0.25) is 0 Å². The van der Waals surface area contributed by atoms with Crippen LogP contribution in [0.1, 0.15) is 16.7 Å². The summed E-state index contributed by atoms with van der Waals surface area (Å²) < 4.78 is 16.1. The molecule has 4 aromatic carbocycles. The van der Waals surface area contributed by atoms with Crippen molar-refractivity contribution in [3.63, 3.8) is 0 Å². The molecule has 0 amide bonds. The third-order valence-electron chi connectivity index (χ3n) is 5.87. The van der Waals surface area contributed by atoms with E-state index in [2.05, 4.69) is 105 Å². The van der Waals surface area contributed by atoms with E-state index < -0.39 is 7.41 Å². The first kappa shape index (κ1) is 21.3. The van der Waals surface area contributed by atoms with Crippen LogP contribution in [-0.2, 0) is 0 Å². The predicted octanol–water partition coefficient (Wildman–Crippen LogP) is 6.10. The molecule has 4 rings (SSSR count). The Morgan fingerprint density at radius 1 is 0.516 bits per heavy atom. The molecular weight excluding hydrogens is 400 g/mol. The second-order valence-corrected chi connectivity index (χ2v) is 11.6. The lowest BCUT2D eigenvalue weighted by atomic mass is 10.2. The van der Waals surface area contributed by atoms with Crippen molar-refractivity contribution < 1.29 is 4.39 Å². The minimum absolute atomic E-state index is 0.220. The highest BCUT2D eigenvalue weighted by Gasteiger charge is 2.50.